The monoisotopic (exact) mass is 325 g/mol. The third-order valence-corrected chi connectivity index (χ3v) is 4.26. The lowest BCUT2D eigenvalue weighted by Crippen LogP contribution is -2.19. The van der Waals surface area contributed by atoms with Gasteiger partial charge in [-0.1, -0.05) is 25.4 Å². The summed E-state index contributed by atoms with van der Waals surface area (Å²) >= 11 is 5.84. The predicted octanol–water partition coefficient (Wildman–Crippen LogP) is 2.42. The van der Waals surface area contributed by atoms with Gasteiger partial charge in [-0.25, -0.2) is 4.79 Å². The van der Waals surface area contributed by atoms with Gasteiger partial charge in [-0.05, 0) is 23.6 Å². The zero-order valence-electron chi connectivity index (χ0n) is 12.3. The van der Waals surface area contributed by atoms with Crippen molar-refractivity contribution >= 4 is 35.1 Å². The number of halogens is 1. The largest absolute Gasteiger partial charge is 0.481 e. The highest BCUT2D eigenvalue weighted by Crippen LogP contribution is 2.58. The fourth-order valence-electron chi connectivity index (χ4n) is 2.70. The quantitative estimate of drug-likeness (QED) is 0.829. The van der Waals surface area contributed by atoms with Gasteiger partial charge >= 0.3 is 11.9 Å². The summed E-state index contributed by atoms with van der Waals surface area (Å²) in [5, 5.41) is 12.0. The highest BCUT2D eigenvalue weighted by molar-refractivity contribution is 6.31. The maximum Gasteiger partial charge on any atom is 0.340 e. The van der Waals surface area contributed by atoms with Crippen LogP contribution in [0.4, 0.5) is 5.69 Å². The van der Waals surface area contributed by atoms with Gasteiger partial charge in [0.25, 0.3) is 0 Å². The van der Waals surface area contributed by atoms with Gasteiger partial charge in [-0.15, -0.1) is 0 Å². The van der Waals surface area contributed by atoms with E-state index in [4.69, 9.17) is 16.7 Å². The lowest BCUT2D eigenvalue weighted by atomic mass is 10.1. The molecule has 2 rings (SSSR count). The van der Waals surface area contributed by atoms with E-state index < -0.39 is 35.1 Å². The molecule has 2 atom stereocenters. The molecule has 0 spiro atoms. The van der Waals surface area contributed by atoms with Crippen molar-refractivity contribution < 1.29 is 24.2 Å². The topological polar surface area (TPSA) is 92.7 Å². The Labute approximate surface area is 132 Å². The summed E-state index contributed by atoms with van der Waals surface area (Å²) < 4.78 is 4.65. The fraction of sp³-hybridized carbons (Fsp3) is 0.400. The van der Waals surface area contributed by atoms with E-state index in [1.807, 2.05) is 0 Å². The number of methoxy groups -OCH3 is 1. The molecule has 2 N–H and O–H groups in total. The number of nitrogens with one attached hydrogen (secondary N) is 1. The van der Waals surface area contributed by atoms with Crippen molar-refractivity contribution in [3.8, 4) is 0 Å². The van der Waals surface area contributed by atoms with Gasteiger partial charge < -0.3 is 15.2 Å². The van der Waals surface area contributed by atoms with Crippen LogP contribution >= 0.6 is 11.6 Å². The molecule has 0 unspecified atom stereocenters. The molecule has 0 bridgehead atoms. The van der Waals surface area contributed by atoms with Gasteiger partial charge in [0.05, 0.1) is 30.2 Å². The summed E-state index contributed by atoms with van der Waals surface area (Å²) in [7, 11) is 1.22. The third kappa shape index (κ3) is 2.78. The van der Waals surface area contributed by atoms with Crippen molar-refractivity contribution in [2.75, 3.05) is 12.4 Å². The van der Waals surface area contributed by atoms with E-state index in [-0.39, 0.29) is 11.3 Å². The number of hydrogen-bond acceptors (Lipinski definition) is 4. The average Bonchev–Trinajstić information content (AvgIpc) is 3.03. The molecule has 0 heterocycles. The molecule has 1 saturated carbocycles. The zero-order chi connectivity index (χ0) is 16.7. The van der Waals surface area contributed by atoms with Crippen molar-refractivity contribution in [3.63, 3.8) is 0 Å². The molecular weight excluding hydrogens is 310 g/mol. The van der Waals surface area contributed by atoms with Crippen LogP contribution < -0.4 is 5.32 Å². The molecule has 7 heteroatoms. The number of esters is 1. The van der Waals surface area contributed by atoms with E-state index >= 15 is 0 Å². The number of hydrogen-bond donors (Lipinski definition) is 2. The minimum Gasteiger partial charge on any atom is -0.481 e. The summed E-state index contributed by atoms with van der Waals surface area (Å²) in [4.78, 5) is 35.2. The molecular formula is C15H16ClNO5. The maximum atomic E-state index is 12.3. The highest BCUT2D eigenvalue weighted by atomic mass is 35.5. The van der Waals surface area contributed by atoms with Gasteiger partial charge in [-0.2, -0.15) is 0 Å². The van der Waals surface area contributed by atoms with E-state index in [0.717, 1.165) is 0 Å². The average molecular weight is 326 g/mol. The molecule has 0 saturated heterocycles. The lowest BCUT2D eigenvalue weighted by molar-refractivity contribution is -0.140. The predicted molar refractivity (Wildman–Crippen MR) is 79.8 cm³/mol. The maximum absolute atomic E-state index is 12.3. The number of ether oxygens (including phenoxy) is 1. The normalized spacial score (nSPS) is 21.8. The van der Waals surface area contributed by atoms with Crippen LogP contribution in [0.1, 0.15) is 24.2 Å². The van der Waals surface area contributed by atoms with Crippen LogP contribution in [0.25, 0.3) is 0 Å². The first-order valence-electron chi connectivity index (χ1n) is 6.61. The van der Waals surface area contributed by atoms with E-state index in [2.05, 4.69) is 10.1 Å². The Bertz CT molecular complexity index is 655. The second kappa shape index (κ2) is 5.61. The Morgan fingerprint density at radius 1 is 1.27 bits per heavy atom. The highest BCUT2D eigenvalue weighted by Gasteiger charge is 2.65. The molecule has 6 nitrogen and oxygen atoms in total. The van der Waals surface area contributed by atoms with Crippen LogP contribution in [0.3, 0.4) is 0 Å². The molecule has 0 aromatic heterocycles. The molecule has 1 aromatic carbocycles. The first-order valence-corrected chi connectivity index (χ1v) is 6.99. The minimum absolute atomic E-state index is 0.119. The Morgan fingerprint density at radius 2 is 1.91 bits per heavy atom. The summed E-state index contributed by atoms with van der Waals surface area (Å²) in [6.45, 7) is 3.44. The summed E-state index contributed by atoms with van der Waals surface area (Å²) in [5.41, 5.74) is -0.255. The molecule has 1 amide bonds. The number of aliphatic carboxylic acids is 1. The van der Waals surface area contributed by atoms with Crippen LogP contribution in [0.5, 0.6) is 0 Å². The van der Waals surface area contributed by atoms with Gasteiger partial charge in [0, 0.05) is 5.02 Å². The number of carboxylic acids is 1. The van der Waals surface area contributed by atoms with Gasteiger partial charge in [-0.3, -0.25) is 9.59 Å². The van der Waals surface area contributed by atoms with Crippen LogP contribution in [0.15, 0.2) is 18.2 Å². The van der Waals surface area contributed by atoms with Gasteiger partial charge in [0.1, 0.15) is 0 Å². The summed E-state index contributed by atoms with van der Waals surface area (Å²) in [6.07, 6.45) is 0. The van der Waals surface area contributed by atoms with Gasteiger partial charge in [0.2, 0.25) is 5.91 Å². The summed E-state index contributed by atoms with van der Waals surface area (Å²) in [6, 6.07) is 4.39. The molecule has 1 aliphatic carbocycles. The van der Waals surface area contributed by atoms with Crippen molar-refractivity contribution in [2.45, 2.75) is 13.8 Å². The SMILES string of the molecule is COC(=O)c1cc(Cl)ccc1NC(=O)[C@H]1[C@@H](C(=O)O)C1(C)C. The Morgan fingerprint density at radius 3 is 2.41 bits per heavy atom. The number of benzene rings is 1. The second-order valence-corrected chi connectivity index (χ2v) is 6.22. The van der Waals surface area contributed by atoms with Gasteiger partial charge in [0.15, 0.2) is 0 Å². The van der Waals surface area contributed by atoms with Crippen LogP contribution in [0, 0.1) is 17.3 Å². The molecule has 22 heavy (non-hydrogen) atoms. The lowest BCUT2D eigenvalue weighted by Gasteiger charge is -2.10. The van der Waals surface area contributed by atoms with Crippen molar-refractivity contribution in [2.24, 2.45) is 17.3 Å². The van der Waals surface area contributed by atoms with Crippen molar-refractivity contribution in [1.29, 1.82) is 0 Å². The number of amides is 1. The zero-order valence-corrected chi connectivity index (χ0v) is 13.1. The molecule has 1 fully saturated rings. The van der Waals surface area contributed by atoms with E-state index in [1.165, 1.54) is 25.3 Å². The first-order chi connectivity index (χ1) is 10.2. The van der Waals surface area contributed by atoms with Crippen LogP contribution in [0.2, 0.25) is 5.02 Å². The standard InChI is InChI=1S/C15H16ClNO5/c1-15(2)10(11(15)13(19)20)12(18)17-9-5-4-7(16)6-8(9)14(21)22-3/h4-6,10-11H,1-3H3,(H,17,18)(H,19,20)/t10-,11+/m1/s1. The molecule has 1 aliphatic rings. The number of carboxylic acid groups (broad SMARTS) is 1. The Hall–Kier alpha value is -2.08. The van der Waals surface area contributed by atoms with Crippen LogP contribution in [-0.4, -0.2) is 30.1 Å². The Kier molecular flexibility index (Phi) is 4.15. The molecule has 1 aromatic rings. The number of rotatable bonds is 4. The van der Waals surface area contributed by atoms with E-state index in [1.54, 1.807) is 13.8 Å². The van der Waals surface area contributed by atoms with Crippen molar-refractivity contribution in [3.05, 3.63) is 28.8 Å². The van der Waals surface area contributed by atoms with Crippen LogP contribution in [-0.2, 0) is 14.3 Å². The number of carbonyl (C=O) groups excluding carboxylic acids is 2. The molecule has 0 radical (unpaired) electrons. The smallest absolute Gasteiger partial charge is 0.340 e. The van der Waals surface area contributed by atoms with E-state index in [0.29, 0.717) is 5.02 Å². The molecule has 0 aliphatic heterocycles. The number of anilines is 1. The number of carbonyl (C=O) groups is 3. The third-order valence-electron chi connectivity index (χ3n) is 4.02. The minimum atomic E-state index is -1.01. The molecule has 118 valence electrons. The Balaban J connectivity index is 2.23. The first kappa shape index (κ1) is 16.3. The summed E-state index contributed by atoms with van der Waals surface area (Å²) in [5.74, 6) is -3.46. The van der Waals surface area contributed by atoms with E-state index in [9.17, 15) is 14.4 Å². The van der Waals surface area contributed by atoms with Crippen molar-refractivity contribution in [1.82, 2.24) is 0 Å². The fourth-order valence-corrected chi connectivity index (χ4v) is 2.87. The second-order valence-electron chi connectivity index (χ2n) is 5.79.